The molecule has 3 fully saturated rings. The number of phenolic OH excluding ortho intramolecular Hbond substituents is 1. The molecular weight excluding hydrogens is 716 g/mol. The van der Waals surface area contributed by atoms with Gasteiger partial charge in [0.25, 0.3) is 5.91 Å². The maximum absolute atomic E-state index is 15.5. The number of likely N-dealkylation sites (tertiary alicyclic amines) is 1. The molecule has 2 heterocycles. The lowest BCUT2D eigenvalue weighted by Gasteiger charge is -2.58. The number of nitrogens with zero attached hydrogens (tertiary/aromatic N) is 2. The van der Waals surface area contributed by atoms with Gasteiger partial charge in [0.15, 0.2) is 25.9 Å². The highest BCUT2D eigenvalue weighted by molar-refractivity contribution is 6.75. The van der Waals surface area contributed by atoms with Crippen molar-refractivity contribution in [2.24, 2.45) is 11.8 Å². The summed E-state index contributed by atoms with van der Waals surface area (Å²) in [7, 11) is -5.24. The SMILES string of the molecule is CC(C)(C)[Si](C)(C)OC(C(=O)N(O[Si](C)(C)C(C)(C)C)c1c(O)cc2c3c1OC1CCC[C@H]4[C@@H](C2)N(CC2CC2)CC[C@]314)c1ccc(Cl)c(Cl)c1. The zero-order valence-electron chi connectivity index (χ0n) is 32.3. The first-order valence-electron chi connectivity index (χ1n) is 19.1. The third kappa shape index (κ3) is 6.32. The normalized spacial score (nSPS) is 26.8. The molecule has 2 unspecified atom stereocenters. The molecule has 5 aliphatic rings. The van der Waals surface area contributed by atoms with E-state index in [0.29, 0.717) is 39.0 Å². The zero-order chi connectivity index (χ0) is 37.1. The fraction of sp³-hybridized carbons (Fsp3) is 0.675. The van der Waals surface area contributed by atoms with Crippen LogP contribution in [-0.2, 0) is 25.6 Å². The van der Waals surface area contributed by atoms with Gasteiger partial charge in [-0.05, 0) is 129 Å². The van der Waals surface area contributed by atoms with Gasteiger partial charge in [0.05, 0.1) is 10.0 Å². The van der Waals surface area contributed by atoms with Crippen LogP contribution >= 0.6 is 23.2 Å². The minimum atomic E-state index is -2.69. The number of rotatable bonds is 9. The number of anilines is 1. The number of piperidine rings is 1. The second-order valence-electron chi connectivity index (χ2n) is 19.2. The van der Waals surface area contributed by atoms with Crippen molar-refractivity contribution in [3.63, 3.8) is 0 Å². The molecule has 1 N–H and O–H groups in total. The molecule has 2 aliphatic heterocycles. The van der Waals surface area contributed by atoms with Crippen LogP contribution in [0.25, 0.3) is 0 Å². The molecule has 2 saturated carbocycles. The largest absolute Gasteiger partial charge is 0.506 e. The number of hydroxylamine groups is 1. The van der Waals surface area contributed by atoms with Gasteiger partial charge in [-0.25, -0.2) is 0 Å². The highest BCUT2D eigenvalue weighted by atomic mass is 35.5. The summed E-state index contributed by atoms with van der Waals surface area (Å²) in [5.41, 5.74) is 3.15. The molecule has 280 valence electrons. The van der Waals surface area contributed by atoms with Crippen LogP contribution in [0.4, 0.5) is 5.69 Å². The number of aromatic hydroxyl groups is 1. The van der Waals surface area contributed by atoms with Crippen LogP contribution in [0.15, 0.2) is 24.3 Å². The molecule has 2 aromatic carbocycles. The Morgan fingerprint density at radius 2 is 1.71 bits per heavy atom. The maximum atomic E-state index is 15.5. The highest BCUT2D eigenvalue weighted by Gasteiger charge is 2.64. The molecule has 3 aliphatic carbocycles. The summed E-state index contributed by atoms with van der Waals surface area (Å²) in [5, 5.41) is 13.9. The molecular formula is C40H58Cl2N2O5Si2. The van der Waals surface area contributed by atoms with Gasteiger partial charge in [0.2, 0.25) is 8.32 Å². The van der Waals surface area contributed by atoms with Crippen molar-refractivity contribution < 1.29 is 23.6 Å². The van der Waals surface area contributed by atoms with E-state index in [1.807, 2.05) is 12.1 Å². The van der Waals surface area contributed by atoms with E-state index >= 15 is 4.79 Å². The van der Waals surface area contributed by atoms with E-state index in [0.717, 1.165) is 43.7 Å². The van der Waals surface area contributed by atoms with E-state index in [2.05, 4.69) is 72.6 Å². The molecule has 5 atom stereocenters. The highest BCUT2D eigenvalue weighted by Crippen LogP contribution is 2.65. The van der Waals surface area contributed by atoms with Gasteiger partial charge in [0, 0.05) is 23.6 Å². The van der Waals surface area contributed by atoms with E-state index in [1.165, 1.54) is 36.4 Å². The Kier molecular flexibility index (Phi) is 9.42. The lowest BCUT2D eigenvalue weighted by molar-refractivity contribution is -0.131. The summed E-state index contributed by atoms with van der Waals surface area (Å²) in [6, 6.07) is 7.62. The van der Waals surface area contributed by atoms with Gasteiger partial charge >= 0.3 is 0 Å². The maximum Gasteiger partial charge on any atom is 0.282 e. The first-order valence-corrected chi connectivity index (χ1v) is 25.7. The van der Waals surface area contributed by atoms with Gasteiger partial charge in [-0.3, -0.25) is 9.69 Å². The molecule has 11 heteroatoms. The second-order valence-corrected chi connectivity index (χ2v) is 29.4. The molecule has 2 aromatic rings. The number of carbonyl (C=O) groups is 1. The molecule has 2 bridgehead atoms. The number of hydrogen-bond acceptors (Lipinski definition) is 6. The van der Waals surface area contributed by atoms with Crippen LogP contribution in [-0.4, -0.2) is 57.8 Å². The molecule has 0 aromatic heterocycles. The summed E-state index contributed by atoms with van der Waals surface area (Å²) in [5.74, 6) is 1.55. The molecule has 0 radical (unpaired) electrons. The van der Waals surface area contributed by atoms with Crippen molar-refractivity contribution >= 4 is 51.4 Å². The van der Waals surface area contributed by atoms with Crippen molar-refractivity contribution in [1.82, 2.24) is 4.90 Å². The van der Waals surface area contributed by atoms with Crippen molar-refractivity contribution in [2.75, 3.05) is 18.2 Å². The Morgan fingerprint density at radius 1 is 1.02 bits per heavy atom. The number of hydrogen-bond donors (Lipinski definition) is 1. The van der Waals surface area contributed by atoms with Crippen molar-refractivity contribution in [1.29, 1.82) is 0 Å². The van der Waals surface area contributed by atoms with Gasteiger partial charge in [-0.15, -0.1) is 0 Å². The molecule has 7 rings (SSSR count). The van der Waals surface area contributed by atoms with Gasteiger partial charge in [-0.1, -0.05) is 70.8 Å². The van der Waals surface area contributed by atoms with E-state index in [1.54, 1.807) is 12.1 Å². The van der Waals surface area contributed by atoms with Gasteiger partial charge < -0.3 is 18.8 Å². The van der Waals surface area contributed by atoms with E-state index in [9.17, 15) is 5.11 Å². The van der Waals surface area contributed by atoms with E-state index < -0.39 is 28.6 Å². The first kappa shape index (κ1) is 37.7. The van der Waals surface area contributed by atoms with Crippen LogP contribution in [0.3, 0.4) is 0 Å². The number of phenols is 1. The Labute approximate surface area is 317 Å². The van der Waals surface area contributed by atoms with Crippen LogP contribution in [0.5, 0.6) is 11.5 Å². The fourth-order valence-corrected chi connectivity index (χ4v) is 11.2. The number of ether oxygens (including phenoxy) is 1. The predicted octanol–water partition coefficient (Wildman–Crippen LogP) is 10.6. The Morgan fingerprint density at radius 3 is 2.33 bits per heavy atom. The zero-order valence-corrected chi connectivity index (χ0v) is 35.8. The molecule has 51 heavy (non-hydrogen) atoms. The standard InChI is InChI=1S/C40H58Cl2N2O5Si2/c1-38(2,3)50(7,8)48-35(25-16-17-28(41)29(42)20-25)37(46)44(49-51(9,10)39(4,5)6)34-31(45)22-26-21-30-27-12-11-13-32-40(27,33(26)36(34)47-32)18-19-43(30)23-24-14-15-24/h16-17,20,22,24,27,30,32,35,45H,11-15,18-19,21,23H2,1-10H3/t27-,30+,32?,35?,40+/m0/s1. The number of benzene rings is 2. The average Bonchev–Trinajstić information content (AvgIpc) is 3.78. The second kappa shape index (κ2) is 12.7. The number of halogens is 2. The quantitative estimate of drug-likeness (QED) is 0.202. The Balaban J connectivity index is 1.40. The van der Waals surface area contributed by atoms with Crippen molar-refractivity contribution in [3.8, 4) is 11.5 Å². The molecule has 7 nitrogen and oxygen atoms in total. The number of amides is 1. The van der Waals surface area contributed by atoms with Crippen LogP contribution in [0.1, 0.15) is 103 Å². The van der Waals surface area contributed by atoms with Crippen molar-refractivity contribution in [2.45, 2.75) is 146 Å². The first-order chi connectivity index (χ1) is 23.7. The Hall–Kier alpha value is -1.60. The van der Waals surface area contributed by atoms with Gasteiger partial charge in [0.1, 0.15) is 11.9 Å². The minimum Gasteiger partial charge on any atom is -0.506 e. The lowest BCUT2D eigenvalue weighted by atomic mass is 9.52. The molecule has 1 spiro atoms. The van der Waals surface area contributed by atoms with Crippen LogP contribution < -0.4 is 9.80 Å². The lowest BCUT2D eigenvalue weighted by Crippen LogP contribution is -2.64. The minimum absolute atomic E-state index is 0.00981. The van der Waals surface area contributed by atoms with Crippen LogP contribution in [0, 0.1) is 11.8 Å². The van der Waals surface area contributed by atoms with Gasteiger partial charge in [-0.2, -0.15) is 5.06 Å². The molecule has 1 amide bonds. The summed E-state index contributed by atoms with van der Waals surface area (Å²) in [6.07, 6.45) is 6.84. The number of carbonyl (C=O) groups excluding carboxylic acids is 1. The third-order valence-corrected chi connectivity index (χ3v) is 23.3. The fourth-order valence-electron chi connectivity index (χ4n) is 8.79. The summed E-state index contributed by atoms with van der Waals surface area (Å²) >= 11 is 13.0. The smallest absolute Gasteiger partial charge is 0.282 e. The topological polar surface area (TPSA) is 71.5 Å². The van der Waals surface area contributed by atoms with E-state index in [4.69, 9.17) is 36.9 Å². The van der Waals surface area contributed by atoms with Crippen LogP contribution in [0.2, 0.25) is 46.3 Å². The summed E-state index contributed by atoms with van der Waals surface area (Å²) in [6.45, 7) is 23.7. The average molecular weight is 774 g/mol. The summed E-state index contributed by atoms with van der Waals surface area (Å²) in [4.78, 5) is 18.3. The molecule has 1 saturated heterocycles. The summed E-state index contributed by atoms with van der Waals surface area (Å²) < 4.78 is 21.2. The van der Waals surface area contributed by atoms with Crippen molar-refractivity contribution in [3.05, 3.63) is 51.0 Å². The van der Waals surface area contributed by atoms with E-state index in [-0.39, 0.29) is 27.3 Å². The third-order valence-electron chi connectivity index (χ3n) is 13.8. The predicted molar refractivity (Wildman–Crippen MR) is 211 cm³/mol. The Bertz CT molecular complexity index is 1720. The monoisotopic (exact) mass is 772 g/mol.